The third-order valence-corrected chi connectivity index (χ3v) is 4.96. The highest BCUT2D eigenvalue weighted by Gasteiger charge is 2.28. The first-order chi connectivity index (χ1) is 10.6. The smallest absolute Gasteiger partial charge is 0.259 e. The van der Waals surface area contributed by atoms with Crippen LogP contribution in [0.2, 0.25) is 0 Å². The van der Waals surface area contributed by atoms with Gasteiger partial charge in [-0.25, -0.2) is 9.97 Å². The first-order valence-electron chi connectivity index (χ1n) is 7.34. The fourth-order valence-electron chi connectivity index (χ4n) is 2.59. The SMILES string of the molecule is Cc1cc(=O)n2ccn(Cc3csc(N(C)C4CC4)n3)c2n1. The van der Waals surface area contributed by atoms with E-state index in [1.165, 1.54) is 12.8 Å². The van der Waals surface area contributed by atoms with Gasteiger partial charge in [0.15, 0.2) is 5.13 Å². The molecule has 22 heavy (non-hydrogen) atoms. The Morgan fingerprint density at radius 3 is 2.95 bits per heavy atom. The number of thiazole rings is 1. The van der Waals surface area contributed by atoms with Crippen LogP contribution < -0.4 is 10.5 Å². The second kappa shape index (κ2) is 4.95. The summed E-state index contributed by atoms with van der Waals surface area (Å²) < 4.78 is 3.53. The van der Waals surface area contributed by atoms with Crippen molar-refractivity contribution in [2.75, 3.05) is 11.9 Å². The number of aryl methyl sites for hydroxylation is 1. The Morgan fingerprint density at radius 1 is 1.36 bits per heavy atom. The van der Waals surface area contributed by atoms with Crippen LogP contribution in [0, 0.1) is 6.92 Å². The molecule has 1 aliphatic rings. The quantitative estimate of drug-likeness (QED) is 0.738. The van der Waals surface area contributed by atoms with E-state index in [9.17, 15) is 4.79 Å². The first kappa shape index (κ1) is 13.5. The number of aromatic nitrogens is 4. The molecule has 1 saturated carbocycles. The van der Waals surface area contributed by atoms with Crippen LogP contribution in [0.25, 0.3) is 5.78 Å². The highest BCUT2D eigenvalue weighted by atomic mass is 32.1. The van der Waals surface area contributed by atoms with E-state index in [1.54, 1.807) is 28.0 Å². The summed E-state index contributed by atoms with van der Waals surface area (Å²) in [7, 11) is 2.11. The van der Waals surface area contributed by atoms with Crippen LogP contribution in [0.3, 0.4) is 0 Å². The minimum absolute atomic E-state index is 0.0475. The normalized spacial score (nSPS) is 14.6. The number of hydrogen-bond acceptors (Lipinski definition) is 5. The van der Waals surface area contributed by atoms with Crippen LogP contribution in [0.5, 0.6) is 0 Å². The van der Waals surface area contributed by atoms with E-state index in [0.717, 1.165) is 16.5 Å². The van der Waals surface area contributed by atoms with Gasteiger partial charge in [-0.2, -0.15) is 0 Å². The Hall–Kier alpha value is -2.15. The van der Waals surface area contributed by atoms with Gasteiger partial charge >= 0.3 is 0 Å². The van der Waals surface area contributed by atoms with E-state index in [2.05, 4.69) is 22.3 Å². The predicted octanol–water partition coefficient (Wildman–Crippen LogP) is 1.91. The molecule has 7 heteroatoms. The maximum Gasteiger partial charge on any atom is 0.259 e. The largest absolute Gasteiger partial charge is 0.348 e. The minimum Gasteiger partial charge on any atom is -0.348 e. The molecule has 0 saturated heterocycles. The minimum atomic E-state index is -0.0475. The van der Waals surface area contributed by atoms with Crippen molar-refractivity contribution in [3.05, 3.63) is 45.6 Å². The molecule has 0 unspecified atom stereocenters. The summed E-state index contributed by atoms with van der Waals surface area (Å²) in [6.07, 6.45) is 6.17. The molecule has 1 aliphatic carbocycles. The molecule has 1 fully saturated rings. The summed E-state index contributed by atoms with van der Waals surface area (Å²) in [4.78, 5) is 23.4. The van der Waals surface area contributed by atoms with Gasteiger partial charge in [0.2, 0.25) is 5.78 Å². The first-order valence-corrected chi connectivity index (χ1v) is 8.22. The van der Waals surface area contributed by atoms with Crippen LogP contribution in [0.4, 0.5) is 5.13 Å². The fourth-order valence-corrected chi connectivity index (χ4v) is 3.45. The second-order valence-electron chi connectivity index (χ2n) is 5.80. The van der Waals surface area contributed by atoms with Crippen LogP contribution >= 0.6 is 11.3 Å². The van der Waals surface area contributed by atoms with Crippen molar-refractivity contribution in [1.82, 2.24) is 18.9 Å². The Labute approximate surface area is 131 Å². The van der Waals surface area contributed by atoms with Crippen molar-refractivity contribution >= 4 is 22.2 Å². The number of anilines is 1. The Morgan fingerprint density at radius 2 is 2.18 bits per heavy atom. The molecular formula is C15H17N5OS. The van der Waals surface area contributed by atoms with Crippen molar-refractivity contribution < 1.29 is 0 Å². The average molecular weight is 315 g/mol. The number of fused-ring (bicyclic) bond motifs is 1. The van der Waals surface area contributed by atoms with Gasteiger partial charge < -0.3 is 9.47 Å². The molecule has 0 radical (unpaired) electrons. The zero-order valence-electron chi connectivity index (χ0n) is 12.6. The van der Waals surface area contributed by atoms with Crippen molar-refractivity contribution in [3.63, 3.8) is 0 Å². The van der Waals surface area contributed by atoms with Crippen molar-refractivity contribution in [1.29, 1.82) is 0 Å². The molecule has 6 nitrogen and oxygen atoms in total. The predicted molar refractivity (Wildman–Crippen MR) is 86.8 cm³/mol. The van der Waals surface area contributed by atoms with Gasteiger partial charge in [-0.1, -0.05) is 0 Å². The number of imidazole rings is 1. The molecule has 4 rings (SSSR count). The highest BCUT2D eigenvalue weighted by Crippen LogP contribution is 2.32. The van der Waals surface area contributed by atoms with Crippen molar-refractivity contribution in [2.45, 2.75) is 32.4 Å². The highest BCUT2D eigenvalue weighted by molar-refractivity contribution is 7.13. The topological polar surface area (TPSA) is 55.4 Å². The summed E-state index contributed by atoms with van der Waals surface area (Å²) >= 11 is 1.67. The van der Waals surface area contributed by atoms with E-state index in [1.807, 2.05) is 17.7 Å². The van der Waals surface area contributed by atoms with Gasteiger partial charge in [0.05, 0.1) is 12.2 Å². The molecule has 3 aromatic heterocycles. The monoisotopic (exact) mass is 315 g/mol. The van der Waals surface area contributed by atoms with Crippen LogP contribution in [0.15, 0.2) is 28.6 Å². The Bertz CT molecular complexity index is 889. The maximum absolute atomic E-state index is 11.9. The van der Waals surface area contributed by atoms with E-state index in [0.29, 0.717) is 18.4 Å². The van der Waals surface area contributed by atoms with Crippen LogP contribution in [0.1, 0.15) is 24.2 Å². The summed E-state index contributed by atoms with van der Waals surface area (Å²) in [6, 6.07) is 2.21. The molecule has 0 aliphatic heterocycles. The van der Waals surface area contributed by atoms with E-state index in [-0.39, 0.29) is 5.56 Å². The molecule has 0 atom stereocenters. The number of nitrogens with zero attached hydrogens (tertiary/aromatic N) is 5. The lowest BCUT2D eigenvalue weighted by atomic mass is 10.4. The third kappa shape index (κ3) is 2.31. The van der Waals surface area contributed by atoms with Gasteiger partial charge in [0, 0.05) is 42.6 Å². The van der Waals surface area contributed by atoms with Gasteiger partial charge in [-0.3, -0.25) is 9.20 Å². The van der Waals surface area contributed by atoms with E-state index in [4.69, 9.17) is 4.98 Å². The van der Waals surface area contributed by atoms with E-state index >= 15 is 0 Å². The van der Waals surface area contributed by atoms with Crippen LogP contribution in [-0.2, 0) is 6.54 Å². The zero-order chi connectivity index (χ0) is 15.3. The molecular weight excluding hydrogens is 298 g/mol. The lowest BCUT2D eigenvalue weighted by molar-refractivity contribution is 0.784. The molecule has 0 aromatic carbocycles. The molecule has 0 amide bonds. The molecule has 0 spiro atoms. The Kier molecular flexibility index (Phi) is 3.04. The fraction of sp³-hybridized carbons (Fsp3) is 0.400. The van der Waals surface area contributed by atoms with Gasteiger partial charge in [-0.15, -0.1) is 11.3 Å². The molecule has 0 N–H and O–H groups in total. The Balaban J connectivity index is 1.65. The summed E-state index contributed by atoms with van der Waals surface area (Å²) in [5.74, 6) is 0.662. The standard InChI is InChI=1S/C15H17N5OS/c1-10-7-13(21)20-6-5-19(14(20)16-10)8-11-9-22-15(17-11)18(2)12-3-4-12/h5-7,9,12H,3-4,8H2,1-2H3. The van der Waals surface area contributed by atoms with Gasteiger partial charge in [-0.05, 0) is 19.8 Å². The third-order valence-electron chi connectivity index (χ3n) is 3.98. The maximum atomic E-state index is 11.9. The van der Waals surface area contributed by atoms with Gasteiger partial charge in [0.25, 0.3) is 5.56 Å². The number of rotatable bonds is 4. The second-order valence-corrected chi connectivity index (χ2v) is 6.63. The van der Waals surface area contributed by atoms with Crippen LogP contribution in [-0.4, -0.2) is 32.0 Å². The van der Waals surface area contributed by atoms with Crippen molar-refractivity contribution in [3.8, 4) is 0 Å². The van der Waals surface area contributed by atoms with Gasteiger partial charge in [0.1, 0.15) is 0 Å². The summed E-state index contributed by atoms with van der Waals surface area (Å²) in [5, 5.41) is 3.15. The lowest BCUT2D eigenvalue weighted by Gasteiger charge is -2.13. The zero-order valence-corrected chi connectivity index (χ0v) is 13.4. The molecule has 3 aromatic rings. The summed E-state index contributed by atoms with van der Waals surface area (Å²) in [6.45, 7) is 2.46. The van der Waals surface area contributed by atoms with Crippen molar-refractivity contribution in [2.24, 2.45) is 0 Å². The molecule has 3 heterocycles. The summed E-state index contributed by atoms with van der Waals surface area (Å²) in [5.41, 5.74) is 1.69. The average Bonchev–Trinajstić information content (AvgIpc) is 3.11. The molecule has 114 valence electrons. The van der Waals surface area contributed by atoms with E-state index < -0.39 is 0 Å². The number of hydrogen-bond donors (Lipinski definition) is 0. The molecule has 0 bridgehead atoms. The lowest BCUT2D eigenvalue weighted by Crippen LogP contribution is -2.19.